The van der Waals surface area contributed by atoms with Gasteiger partial charge in [-0.3, -0.25) is 0 Å². The van der Waals surface area contributed by atoms with Crippen LogP contribution in [0.3, 0.4) is 0 Å². The molecule has 0 radical (unpaired) electrons. The Morgan fingerprint density at radius 1 is 1.20 bits per heavy atom. The Bertz CT molecular complexity index is 6.85. The second kappa shape index (κ2) is 15.6. The van der Waals surface area contributed by atoms with Gasteiger partial charge in [0.05, 0.1) is 0 Å². The van der Waals surface area contributed by atoms with Crippen LogP contribution in [-0.4, -0.2) is 28.0 Å². The Morgan fingerprint density at radius 3 is 1.20 bits per heavy atom. The molecule has 0 saturated carbocycles. The minimum atomic E-state index is -0.250. The van der Waals surface area contributed by atoms with E-state index in [1.54, 1.807) is 0 Å². The molecule has 0 amide bonds. The monoisotopic (exact) mass is 300 g/mol. The average molecular weight is 303 g/mol. The van der Waals surface area contributed by atoms with Gasteiger partial charge >= 0.3 is 76.9 Å². The van der Waals surface area contributed by atoms with Crippen LogP contribution in [0.2, 0.25) is 0 Å². The molecule has 0 N–H and O–H groups in total. The summed E-state index contributed by atoms with van der Waals surface area (Å²) in [5.41, 5.74) is 0. The Hall–Kier alpha value is 3.70. The summed E-state index contributed by atoms with van der Waals surface area (Å²) in [7, 11) is 6.50. The molecule has 0 rings (SSSR count). The minimum Gasteiger partial charge on any atom is 1.00 e. The standard InChI is InChI=1S/3BrH.Ca.Na/h3*1H;;/q;;;+2;+1/p-3. The third kappa shape index (κ3) is 18.3. The van der Waals surface area contributed by atoms with Gasteiger partial charge in [0.1, 0.15) is 0 Å². The maximum atomic E-state index is 3.25. The fourth-order valence-corrected chi connectivity index (χ4v) is 0. The number of halogens is 3. The first kappa shape index (κ1) is 15.9. The van der Waals surface area contributed by atoms with Gasteiger partial charge in [0.2, 0.25) is 0 Å². The normalized spacial score (nSPS) is 2.00. The van der Waals surface area contributed by atoms with Gasteiger partial charge in [0.25, 0.3) is 0 Å². The molecule has 0 nitrogen and oxygen atoms in total. The van der Waals surface area contributed by atoms with E-state index in [1.165, 1.54) is 0 Å². The van der Waals surface area contributed by atoms with E-state index in [0.29, 0.717) is 0 Å². The van der Waals surface area contributed by atoms with E-state index in [4.69, 9.17) is 0 Å². The molecule has 0 aromatic rings. The van der Waals surface area contributed by atoms with Gasteiger partial charge in [-0.25, -0.2) is 0 Å². The van der Waals surface area contributed by atoms with E-state index in [1.807, 2.05) is 0 Å². The van der Waals surface area contributed by atoms with E-state index in [2.05, 4.69) is 19.4 Å². The van der Waals surface area contributed by atoms with Crippen LogP contribution in [0.15, 0.2) is 0 Å². The van der Waals surface area contributed by atoms with Crippen molar-refractivity contribution in [2.75, 3.05) is 0 Å². The van der Waals surface area contributed by atoms with Crippen LogP contribution in [0.25, 0.3) is 0 Å². The van der Waals surface area contributed by atoms with Crippen molar-refractivity contribution in [2.24, 2.45) is 0 Å². The Kier molecular flexibility index (Phi) is 49.7. The summed E-state index contributed by atoms with van der Waals surface area (Å²) in [5, 5.41) is 0. The van der Waals surface area contributed by atoms with Crippen molar-refractivity contribution in [3.05, 3.63) is 0 Å². The zero-order valence-corrected chi connectivity index (χ0v) is 11.8. The number of hydrogen-bond donors (Lipinski definition) is 0. The van der Waals surface area contributed by atoms with E-state index < -0.39 is 0 Å². The van der Waals surface area contributed by atoms with Crippen LogP contribution < -0.4 is 46.5 Å². The van der Waals surface area contributed by atoms with Crippen molar-refractivity contribution >= 4 is 47.4 Å². The second-order valence-electron chi connectivity index (χ2n) is 0.101. The van der Waals surface area contributed by atoms with Crippen LogP contribution >= 0.6 is 19.4 Å². The van der Waals surface area contributed by atoms with Gasteiger partial charge in [-0.05, 0) is 0 Å². The zero-order valence-electron chi connectivity index (χ0n) is 2.84. The molecule has 0 aromatic heterocycles. The minimum absolute atomic E-state index is 0. The largest absolute Gasteiger partial charge is 1.00 e. The van der Waals surface area contributed by atoms with Gasteiger partial charge in [-0.2, -0.15) is 0 Å². The van der Waals surface area contributed by atoms with Gasteiger partial charge in [-0.1, -0.05) is 0 Å². The fourth-order valence-electron chi connectivity index (χ4n) is 0. The fraction of sp³-hybridized carbons (Fsp3) is 0. The summed E-state index contributed by atoms with van der Waals surface area (Å²) in [4.78, 5) is 0. The summed E-state index contributed by atoms with van der Waals surface area (Å²) in [5.74, 6) is 0. The third-order valence-electron chi connectivity index (χ3n) is 0. The summed E-state index contributed by atoms with van der Waals surface area (Å²) in [6.45, 7) is 0. The quantitative estimate of drug-likeness (QED) is 0.395. The molecule has 0 unspecified atom stereocenters. The maximum absolute atomic E-state index is 3.25. The molecule has 0 atom stereocenters. The molecule has 5 heavy (non-hydrogen) atoms. The van der Waals surface area contributed by atoms with Crippen molar-refractivity contribution in [3.8, 4) is 0 Å². The van der Waals surface area contributed by atoms with Crippen LogP contribution in [0.1, 0.15) is 0 Å². The molecule has 0 aromatic carbocycles. The zero-order chi connectivity index (χ0) is 2.71. The van der Waals surface area contributed by atoms with E-state index in [0.717, 1.165) is 0 Å². The molecule has 0 aliphatic carbocycles. The molecule has 5 heteroatoms. The van der Waals surface area contributed by atoms with Crippen molar-refractivity contribution in [1.29, 1.82) is 0 Å². The smallest absolute Gasteiger partial charge is 1.00 e. The molecule has 0 aliphatic rings. The number of hydrogen-bond acceptors (Lipinski definition) is 0. The van der Waals surface area contributed by atoms with Crippen LogP contribution in [0.5, 0.6) is 0 Å². The molecule has 0 aliphatic heterocycles. The molecular formula is Br3CaNa. The average Bonchev–Trinajstić information content (AvgIpc) is 0.918. The Labute approximate surface area is 91.1 Å². The van der Waals surface area contributed by atoms with E-state index in [-0.39, 0.29) is 74.5 Å². The van der Waals surface area contributed by atoms with Crippen molar-refractivity contribution in [2.45, 2.75) is 0 Å². The first-order valence-electron chi connectivity index (χ1n) is 0.535. The van der Waals surface area contributed by atoms with Crippen LogP contribution in [0, 0.1) is 0 Å². The second-order valence-corrected chi connectivity index (χ2v) is 11.2. The summed E-state index contributed by atoms with van der Waals surface area (Å²) < 4.78 is 0. The SMILES string of the molecule is [Br-].[Br][Ca][Br].[Na+]. The topological polar surface area (TPSA) is 0 Å². The first-order chi connectivity index (χ1) is 1.41. The molecule has 0 bridgehead atoms. The number of rotatable bonds is 0. The summed E-state index contributed by atoms with van der Waals surface area (Å²) >= 11 is -0.250. The molecule has 0 heterocycles. The first-order valence-corrected chi connectivity index (χ1v) is 11.5. The molecule has 0 fully saturated rings. The predicted molar refractivity (Wildman–Crippen MR) is 23.6 cm³/mol. The predicted octanol–water partition coefficient (Wildman–Crippen LogP) is -4.68. The molecular weight excluding hydrogens is 303 g/mol. The van der Waals surface area contributed by atoms with Gasteiger partial charge in [0.15, 0.2) is 0 Å². The van der Waals surface area contributed by atoms with Crippen LogP contribution in [0.4, 0.5) is 0 Å². The van der Waals surface area contributed by atoms with Crippen molar-refractivity contribution < 1.29 is 46.5 Å². The molecule has 24 valence electrons. The van der Waals surface area contributed by atoms with E-state index >= 15 is 0 Å². The Balaban J connectivity index is -0.0000000200. The third-order valence-corrected chi connectivity index (χ3v) is 0. The molecule has 0 saturated heterocycles. The van der Waals surface area contributed by atoms with Gasteiger partial charge < -0.3 is 17.0 Å². The van der Waals surface area contributed by atoms with Gasteiger partial charge in [-0.15, -0.1) is 0 Å². The Morgan fingerprint density at radius 2 is 1.20 bits per heavy atom. The summed E-state index contributed by atoms with van der Waals surface area (Å²) in [6.07, 6.45) is 0. The maximum Gasteiger partial charge on any atom is 1.00 e. The van der Waals surface area contributed by atoms with E-state index in [9.17, 15) is 0 Å². The van der Waals surface area contributed by atoms with Crippen LogP contribution in [-0.2, 0) is 0 Å². The van der Waals surface area contributed by atoms with Crippen molar-refractivity contribution in [1.82, 2.24) is 0 Å². The molecule has 0 spiro atoms. The van der Waals surface area contributed by atoms with Crippen molar-refractivity contribution in [3.63, 3.8) is 0 Å². The summed E-state index contributed by atoms with van der Waals surface area (Å²) in [6, 6.07) is 0. The van der Waals surface area contributed by atoms with Gasteiger partial charge in [0, 0.05) is 0 Å².